The van der Waals surface area contributed by atoms with E-state index in [1.54, 1.807) is 0 Å². The fourth-order valence-electron chi connectivity index (χ4n) is 0.907. The second kappa shape index (κ2) is 4.12. The SMILES string of the molecule is O=COC(=O)c1ccc(C(F)(F)F)cc1. The molecule has 0 aliphatic rings. The number of carbonyl (C=O) groups is 2. The van der Waals surface area contributed by atoms with E-state index in [1.165, 1.54) is 0 Å². The van der Waals surface area contributed by atoms with Crippen LogP contribution in [0.25, 0.3) is 0 Å². The minimum absolute atomic E-state index is 0.0833. The minimum Gasteiger partial charge on any atom is -0.392 e. The van der Waals surface area contributed by atoms with E-state index in [0.29, 0.717) is 0 Å². The Balaban J connectivity index is 2.90. The Labute approximate surface area is 82.5 Å². The molecule has 0 saturated carbocycles. The molecular formula is C9H5F3O3. The Morgan fingerprint density at radius 2 is 1.73 bits per heavy atom. The van der Waals surface area contributed by atoms with Crippen molar-refractivity contribution in [2.45, 2.75) is 6.18 Å². The predicted octanol–water partition coefficient (Wildman–Crippen LogP) is 2.02. The molecule has 0 aliphatic carbocycles. The zero-order valence-electron chi connectivity index (χ0n) is 7.25. The number of hydrogen-bond acceptors (Lipinski definition) is 3. The van der Waals surface area contributed by atoms with Gasteiger partial charge in [0.25, 0.3) is 0 Å². The molecule has 0 atom stereocenters. The van der Waals surface area contributed by atoms with Crippen LogP contribution in [0.4, 0.5) is 13.2 Å². The van der Waals surface area contributed by atoms with Gasteiger partial charge in [0.1, 0.15) is 0 Å². The van der Waals surface area contributed by atoms with Gasteiger partial charge in [-0.1, -0.05) is 0 Å². The molecule has 0 amide bonds. The molecule has 6 heteroatoms. The summed E-state index contributed by atoms with van der Waals surface area (Å²) in [5.41, 5.74) is -0.986. The molecule has 0 heterocycles. The third-order valence-electron chi connectivity index (χ3n) is 1.60. The van der Waals surface area contributed by atoms with Gasteiger partial charge in [-0.05, 0) is 24.3 Å². The number of benzene rings is 1. The van der Waals surface area contributed by atoms with Crippen molar-refractivity contribution < 1.29 is 27.5 Å². The first kappa shape index (κ1) is 11.2. The second-order valence-electron chi connectivity index (χ2n) is 2.58. The number of esters is 1. The maximum Gasteiger partial charge on any atom is 0.416 e. The topological polar surface area (TPSA) is 43.4 Å². The molecule has 0 spiro atoms. The van der Waals surface area contributed by atoms with Gasteiger partial charge in [-0.2, -0.15) is 13.2 Å². The van der Waals surface area contributed by atoms with Crippen molar-refractivity contribution in [1.82, 2.24) is 0 Å². The summed E-state index contributed by atoms with van der Waals surface area (Å²) >= 11 is 0. The van der Waals surface area contributed by atoms with Gasteiger partial charge < -0.3 is 4.74 Å². The minimum atomic E-state index is -4.45. The van der Waals surface area contributed by atoms with Gasteiger partial charge >= 0.3 is 18.6 Å². The van der Waals surface area contributed by atoms with E-state index in [2.05, 4.69) is 4.74 Å². The first-order chi connectivity index (χ1) is 6.95. The molecule has 0 N–H and O–H groups in total. The highest BCUT2D eigenvalue weighted by Gasteiger charge is 2.30. The molecule has 80 valence electrons. The van der Waals surface area contributed by atoms with Crippen LogP contribution in [-0.2, 0) is 15.7 Å². The maximum atomic E-state index is 12.1. The van der Waals surface area contributed by atoms with Crippen molar-refractivity contribution in [1.29, 1.82) is 0 Å². The summed E-state index contributed by atoms with van der Waals surface area (Å²) in [6.07, 6.45) is -4.45. The summed E-state index contributed by atoms with van der Waals surface area (Å²) < 4.78 is 40.2. The van der Waals surface area contributed by atoms with Crippen LogP contribution >= 0.6 is 0 Å². The Morgan fingerprint density at radius 3 is 2.13 bits per heavy atom. The van der Waals surface area contributed by atoms with E-state index in [0.717, 1.165) is 24.3 Å². The van der Waals surface area contributed by atoms with E-state index in [4.69, 9.17) is 0 Å². The highest BCUT2D eigenvalue weighted by molar-refractivity contribution is 5.92. The molecule has 1 aromatic rings. The third kappa shape index (κ3) is 2.80. The molecular weight excluding hydrogens is 213 g/mol. The Bertz CT molecular complexity index is 367. The van der Waals surface area contributed by atoms with Gasteiger partial charge in [0, 0.05) is 0 Å². The molecule has 15 heavy (non-hydrogen) atoms. The summed E-state index contributed by atoms with van der Waals surface area (Å²) in [5.74, 6) is -0.987. The molecule has 3 nitrogen and oxygen atoms in total. The van der Waals surface area contributed by atoms with Crippen LogP contribution < -0.4 is 0 Å². The van der Waals surface area contributed by atoms with Gasteiger partial charge in [0.2, 0.25) is 0 Å². The quantitative estimate of drug-likeness (QED) is 0.433. The highest BCUT2D eigenvalue weighted by atomic mass is 19.4. The fourth-order valence-corrected chi connectivity index (χ4v) is 0.907. The first-order valence-electron chi connectivity index (χ1n) is 3.77. The van der Waals surface area contributed by atoms with Crippen molar-refractivity contribution in [3.63, 3.8) is 0 Å². The summed E-state index contributed by atoms with van der Waals surface area (Å²) in [4.78, 5) is 20.7. The number of hydrogen-bond donors (Lipinski definition) is 0. The highest BCUT2D eigenvalue weighted by Crippen LogP contribution is 2.29. The number of halogens is 3. The lowest BCUT2D eigenvalue weighted by atomic mass is 10.1. The van der Waals surface area contributed by atoms with E-state index >= 15 is 0 Å². The zero-order valence-corrected chi connectivity index (χ0v) is 7.25. The fraction of sp³-hybridized carbons (Fsp3) is 0.111. The van der Waals surface area contributed by atoms with Crippen LogP contribution in [0.15, 0.2) is 24.3 Å². The average Bonchev–Trinajstić information content (AvgIpc) is 2.17. The van der Waals surface area contributed by atoms with E-state index in [9.17, 15) is 22.8 Å². The molecule has 0 aliphatic heterocycles. The lowest BCUT2D eigenvalue weighted by molar-refractivity contribution is -0.137. The van der Waals surface area contributed by atoms with Crippen molar-refractivity contribution >= 4 is 12.4 Å². The van der Waals surface area contributed by atoms with Crippen LogP contribution in [0.3, 0.4) is 0 Å². The Hall–Kier alpha value is -1.85. The normalized spacial score (nSPS) is 10.9. The molecule has 0 unspecified atom stereocenters. The monoisotopic (exact) mass is 218 g/mol. The summed E-state index contributed by atoms with van der Waals surface area (Å²) in [6.45, 7) is -0.0833. The van der Waals surface area contributed by atoms with Crippen molar-refractivity contribution in [2.24, 2.45) is 0 Å². The number of alkyl halides is 3. The summed E-state index contributed by atoms with van der Waals surface area (Å²) in [7, 11) is 0. The molecule has 0 bridgehead atoms. The van der Waals surface area contributed by atoms with Gasteiger partial charge in [0.05, 0.1) is 11.1 Å². The predicted molar refractivity (Wildman–Crippen MR) is 42.9 cm³/mol. The molecule has 0 fully saturated rings. The first-order valence-corrected chi connectivity index (χ1v) is 3.77. The number of carbonyl (C=O) groups excluding carboxylic acids is 2. The van der Waals surface area contributed by atoms with Crippen LogP contribution in [0.1, 0.15) is 15.9 Å². The molecule has 1 rings (SSSR count). The Morgan fingerprint density at radius 1 is 1.20 bits per heavy atom. The summed E-state index contributed by atoms with van der Waals surface area (Å²) in [6, 6.07) is 3.35. The van der Waals surface area contributed by atoms with E-state index in [-0.39, 0.29) is 12.0 Å². The van der Waals surface area contributed by atoms with E-state index < -0.39 is 17.7 Å². The van der Waals surface area contributed by atoms with Crippen LogP contribution in [0, 0.1) is 0 Å². The van der Waals surface area contributed by atoms with Crippen molar-refractivity contribution in [3.8, 4) is 0 Å². The zero-order chi connectivity index (χ0) is 11.5. The third-order valence-corrected chi connectivity index (χ3v) is 1.60. The van der Waals surface area contributed by atoms with Crippen molar-refractivity contribution in [2.75, 3.05) is 0 Å². The molecule has 0 radical (unpaired) electrons. The van der Waals surface area contributed by atoms with Crippen LogP contribution in [0.5, 0.6) is 0 Å². The van der Waals surface area contributed by atoms with Crippen LogP contribution in [0.2, 0.25) is 0 Å². The van der Waals surface area contributed by atoms with Gasteiger partial charge in [0.15, 0.2) is 0 Å². The largest absolute Gasteiger partial charge is 0.416 e. The molecule has 0 aromatic heterocycles. The molecule has 1 aromatic carbocycles. The lowest BCUT2D eigenvalue weighted by Crippen LogP contribution is -2.07. The average molecular weight is 218 g/mol. The van der Waals surface area contributed by atoms with E-state index in [1.807, 2.05) is 0 Å². The standard InChI is InChI=1S/C9H5F3O3/c10-9(11,12)7-3-1-6(2-4-7)8(14)15-5-13/h1-5H. The lowest BCUT2D eigenvalue weighted by Gasteiger charge is -2.06. The smallest absolute Gasteiger partial charge is 0.392 e. The van der Waals surface area contributed by atoms with Gasteiger partial charge in [-0.25, -0.2) is 4.79 Å². The van der Waals surface area contributed by atoms with Crippen LogP contribution in [-0.4, -0.2) is 12.4 Å². The number of ether oxygens (including phenoxy) is 1. The number of rotatable bonds is 2. The maximum absolute atomic E-state index is 12.1. The molecule has 0 saturated heterocycles. The second-order valence-corrected chi connectivity index (χ2v) is 2.58. The van der Waals surface area contributed by atoms with Gasteiger partial charge in [-0.15, -0.1) is 0 Å². The Kier molecular flexibility index (Phi) is 3.08. The van der Waals surface area contributed by atoms with Crippen molar-refractivity contribution in [3.05, 3.63) is 35.4 Å². The summed E-state index contributed by atoms with van der Waals surface area (Å²) in [5, 5.41) is 0. The van der Waals surface area contributed by atoms with Gasteiger partial charge in [-0.3, -0.25) is 4.79 Å².